The predicted octanol–water partition coefficient (Wildman–Crippen LogP) is 5.42. The van der Waals surface area contributed by atoms with Crippen molar-refractivity contribution in [2.75, 3.05) is 44.2 Å². The van der Waals surface area contributed by atoms with E-state index < -0.39 is 6.10 Å². The van der Waals surface area contributed by atoms with E-state index in [4.69, 9.17) is 25.5 Å². The Morgan fingerprint density at radius 1 is 1.00 bits per heavy atom. The van der Waals surface area contributed by atoms with E-state index in [0.29, 0.717) is 29.0 Å². The first-order chi connectivity index (χ1) is 18.4. The molecular weight excluding hydrogens is 504 g/mol. The van der Waals surface area contributed by atoms with Crippen molar-refractivity contribution in [3.05, 3.63) is 93.3 Å². The van der Waals surface area contributed by atoms with Gasteiger partial charge < -0.3 is 23.9 Å². The van der Waals surface area contributed by atoms with E-state index in [1.165, 1.54) is 6.26 Å². The van der Waals surface area contributed by atoms with Crippen LogP contribution in [0.3, 0.4) is 0 Å². The molecule has 2 heterocycles. The third-order valence-corrected chi connectivity index (χ3v) is 7.20. The lowest BCUT2D eigenvalue weighted by molar-refractivity contribution is 0.0663. The molecule has 1 saturated heterocycles. The Morgan fingerprint density at radius 2 is 1.79 bits per heavy atom. The molecule has 198 valence electrons. The summed E-state index contributed by atoms with van der Waals surface area (Å²) in [6.45, 7) is 8.08. The van der Waals surface area contributed by atoms with Crippen LogP contribution in [0, 0.1) is 13.8 Å². The molecule has 1 N–H and O–H groups in total. The van der Waals surface area contributed by atoms with E-state index >= 15 is 0 Å². The van der Waals surface area contributed by atoms with Crippen LogP contribution in [0.5, 0.6) is 17.2 Å². The average molecular weight is 535 g/mol. The normalized spacial score (nSPS) is 15.0. The molecule has 1 aliphatic rings. The van der Waals surface area contributed by atoms with Crippen molar-refractivity contribution < 1.29 is 19.0 Å². The van der Waals surface area contributed by atoms with Crippen molar-refractivity contribution in [3.8, 4) is 17.2 Å². The number of nitrogens with zero attached hydrogens (tertiary/aromatic N) is 2. The summed E-state index contributed by atoms with van der Waals surface area (Å²) >= 11 is 6.29. The first-order valence-corrected chi connectivity index (χ1v) is 13.1. The minimum absolute atomic E-state index is 0.123. The maximum Gasteiger partial charge on any atom is 0.235 e. The van der Waals surface area contributed by atoms with Gasteiger partial charge in [-0.1, -0.05) is 29.8 Å². The van der Waals surface area contributed by atoms with Gasteiger partial charge in [-0.15, -0.1) is 0 Å². The number of rotatable bonds is 8. The number of aliphatic hydroxyl groups is 1. The Morgan fingerprint density at radius 3 is 2.58 bits per heavy atom. The number of aliphatic hydroxyl groups excluding tert-OH is 1. The number of piperazine rings is 1. The fourth-order valence-corrected chi connectivity index (χ4v) is 4.88. The van der Waals surface area contributed by atoms with Crippen LogP contribution in [-0.2, 0) is 0 Å². The fraction of sp³-hybridized carbons (Fsp3) is 0.300. The maximum absolute atomic E-state index is 12.9. The van der Waals surface area contributed by atoms with E-state index in [-0.39, 0.29) is 17.8 Å². The van der Waals surface area contributed by atoms with Crippen LogP contribution in [0.15, 0.2) is 76.1 Å². The summed E-state index contributed by atoms with van der Waals surface area (Å²) in [6.07, 6.45) is 0.665. The number of fused-ring (bicyclic) bond motifs is 1. The topological polar surface area (TPSA) is 75.4 Å². The lowest BCUT2D eigenvalue weighted by atomic mass is 10.1. The molecule has 5 rings (SSSR count). The van der Waals surface area contributed by atoms with Crippen LogP contribution in [0.25, 0.3) is 11.0 Å². The Kier molecular flexibility index (Phi) is 7.88. The summed E-state index contributed by atoms with van der Waals surface area (Å²) in [7, 11) is 0. The second-order valence-electron chi connectivity index (χ2n) is 9.64. The molecule has 0 unspecified atom stereocenters. The van der Waals surface area contributed by atoms with Crippen LogP contribution in [-0.4, -0.2) is 55.4 Å². The van der Waals surface area contributed by atoms with Gasteiger partial charge in [-0.2, -0.15) is 0 Å². The van der Waals surface area contributed by atoms with Crippen molar-refractivity contribution in [2.24, 2.45) is 0 Å². The van der Waals surface area contributed by atoms with Crippen LogP contribution >= 0.6 is 11.6 Å². The number of hydrogen-bond acceptors (Lipinski definition) is 7. The molecule has 0 spiro atoms. The molecule has 1 fully saturated rings. The smallest absolute Gasteiger partial charge is 0.235 e. The van der Waals surface area contributed by atoms with Crippen LogP contribution in [0.1, 0.15) is 11.1 Å². The quantitative estimate of drug-likeness (QED) is 0.323. The zero-order valence-electron chi connectivity index (χ0n) is 21.5. The minimum atomic E-state index is -0.651. The number of aryl methyl sites for hydroxylation is 1. The predicted molar refractivity (Wildman–Crippen MR) is 150 cm³/mol. The molecule has 8 heteroatoms. The summed E-state index contributed by atoms with van der Waals surface area (Å²) in [6, 6.07) is 18.5. The Labute approximate surface area is 226 Å². The molecule has 1 aliphatic heterocycles. The van der Waals surface area contributed by atoms with Crippen molar-refractivity contribution in [1.29, 1.82) is 0 Å². The van der Waals surface area contributed by atoms with E-state index in [0.717, 1.165) is 48.0 Å². The zero-order chi connectivity index (χ0) is 26.6. The molecule has 0 radical (unpaired) electrons. The Balaban J connectivity index is 1.14. The molecule has 1 aromatic heterocycles. The van der Waals surface area contributed by atoms with E-state index in [1.54, 1.807) is 24.3 Å². The number of anilines is 1. The van der Waals surface area contributed by atoms with Gasteiger partial charge in [-0.25, -0.2) is 0 Å². The van der Waals surface area contributed by atoms with Gasteiger partial charge in [0.05, 0.1) is 5.39 Å². The van der Waals surface area contributed by atoms with Gasteiger partial charge in [0.25, 0.3) is 0 Å². The highest BCUT2D eigenvalue weighted by molar-refractivity contribution is 6.31. The molecule has 4 aromatic rings. The number of benzene rings is 3. The second kappa shape index (κ2) is 11.5. The maximum atomic E-state index is 12.9. The van der Waals surface area contributed by atoms with Crippen molar-refractivity contribution in [2.45, 2.75) is 20.0 Å². The SMILES string of the molecule is Cc1cccc(Oc2coc3cc(OC[C@H](O)CN4CCN(c5cccc(Cl)c5C)CC4)ccc3c2=O)c1. The summed E-state index contributed by atoms with van der Waals surface area (Å²) in [5.41, 5.74) is 3.43. The molecular formula is C30H31ClN2O5. The van der Waals surface area contributed by atoms with Crippen molar-refractivity contribution in [1.82, 2.24) is 4.90 Å². The van der Waals surface area contributed by atoms with Gasteiger partial charge >= 0.3 is 0 Å². The second-order valence-corrected chi connectivity index (χ2v) is 10.0. The van der Waals surface area contributed by atoms with Crippen LogP contribution in [0.2, 0.25) is 5.02 Å². The molecule has 38 heavy (non-hydrogen) atoms. The van der Waals surface area contributed by atoms with Gasteiger partial charge in [0.15, 0.2) is 0 Å². The van der Waals surface area contributed by atoms with Gasteiger partial charge in [-0.05, 0) is 61.4 Å². The molecule has 1 atom stereocenters. The Hall–Kier alpha value is -3.52. The molecule has 0 saturated carbocycles. The van der Waals surface area contributed by atoms with Gasteiger partial charge in [-0.3, -0.25) is 9.69 Å². The fourth-order valence-electron chi connectivity index (χ4n) is 4.71. The highest BCUT2D eigenvalue weighted by Crippen LogP contribution is 2.28. The molecule has 7 nitrogen and oxygen atoms in total. The molecule has 0 aliphatic carbocycles. The number of halogens is 1. The van der Waals surface area contributed by atoms with Crippen molar-refractivity contribution >= 4 is 28.3 Å². The summed E-state index contributed by atoms with van der Waals surface area (Å²) in [5.74, 6) is 1.22. The lowest BCUT2D eigenvalue weighted by Crippen LogP contribution is -2.49. The van der Waals surface area contributed by atoms with Gasteiger partial charge in [0, 0.05) is 49.5 Å². The summed E-state index contributed by atoms with van der Waals surface area (Å²) < 4.78 is 17.2. The lowest BCUT2D eigenvalue weighted by Gasteiger charge is -2.37. The summed E-state index contributed by atoms with van der Waals surface area (Å²) in [5, 5.41) is 11.8. The third-order valence-electron chi connectivity index (χ3n) is 6.80. The minimum Gasteiger partial charge on any atom is -0.491 e. The average Bonchev–Trinajstić information content (AvgIpc) is 2.91. The molecule has 0 bridgehead atoms. The van der Waals surface area contributed by atoms with Crippen LogP contribution < -0.4 is 19.8 Å². The zero-order valence-corrected chi connectivity index (χ0v) is 22.3. The standard InChI is InChI=1S/C30H31ClN2O5/c1-20-5-3-6-24(15-20)38-29-19-37-28-16-23(9-10-25(28)30(29)35)36-18-22(34)17-32-11-13-33(14-12-32)27-8-4-7-26(31)21(27)2/h3-10,15-16,19,22,34H,11-14,17-18H2,1-2H3/t22-/m1/s1. The third kappa shape index (κ3) is 5.96. The molecule has 0 amide bonds. The van der Waals surface area contributed by atoms with E-state index in [2.05, 4.69) is 15.9 Å². The number of ether oxygens (including phenoxy) is 2. The van der Waals surface area contributed by atoms with Crippen LogP contribution in [0.4, 0.5) is 5.69 Å². The number of hydrogen-bond donors (Lipinski definition) is 1. The number of β-amino-alcohol motifs (C(OH)–C–C–N with tert-alkyl or cyclic N) is 1. The first kappa shape index (κ1) is 26.1. The molecule has 3 aromatic carbocycles. The Bertz CT molecular complexity index is 1480. The van der Waals surface area contributed by atoms with E-state index in [1.807, 2.05) is 44.2 Å². The van der Waals surface area contributed by atoms with E-state index in [9.17, 15) is 9.90 Å². The van der Waals surface area contributed by atoms with Gasteiger partial charge in [0.1, 0.15) is 36.1 Å². The summed E-state index contributed by atoms with van der Waals surface area (Å²) in [4.78, 5) is 17.5. The highest BCUT2D eigenvalue weighted by atomic mass is 35.5. The first-order valence-electron chi connectivity index (χ1n) is 12.7. The monoisotopic (exact) mass is 534 g/mol. The van der Waals surface area contributed by atoms with Crippen molar-refractivity contribution in [3.63, 3.8) is 0 Å². The highest BCUT2D eigenvalue weighted by Gasteiger charge is 2.21. The largest absolute Gasteiger partial charge is 0.491 e. The van der Waals surface area contributed by atoms with Gasteiger partial charge in [0.2, 0.25) is 11.2 Å².